The van der Waals surface area contributed by atoms with Crippen LogP contribution in [-0.2, 0) is 24.1 Å². The van der Waals surface area contributed by atoms with Gasteiger partial charge >= 0.3 is 0 Å². The lowest BCUT2D eigenvalue weighted by atomic mass is 9.95. The van der Waals surface area contributed by atoms with Crippen molar-refractivity contribution >= 4 is 28.2 Å². The summed E-state index contributed by atoms with van der Waals surface area (Å²) in [6.45, 7) is 2.46. The molecule has 1 aliphatic rings. The largest absolute Gasteiger partial charge is 0.484 e. The van der Waals surface area contributed by atoms with Crippen LogP contribution < -0.4 is 15.4 Å². The fraction of sp³-hybridized carbons (Fsp3) is 0.308. The minimum Gasteiger partial charge on any atom is -0.484 e. The summed E-state index contributed by atoms with van der Waals surface area (Å²) in [5.74, 6) is 0.271. The summed E-state index contributed by atoms with van der Waals surface area (Å²) in [7, 11) is 0. The average Bonchev–Trinajstić information content (AvgIpc) is 3.17. The van der Waals surface area contributed by atoms with E-state index < -0.39 is 0 Å². The zero-order chi connectivity index (χ0) is 22.3. The molecule has 0 saturated heterocycles. The number of benzene rings is 2. The van der Waals surface area contributed by atoms with Gasteiger partial charge in [0.1, 0.15) is 10.8 Å². The predicted molar refractivity (Wildman–Crippen MR) is 129 cm³/mol. The molecule has 6 heteroatoms. The molecule has 0 aliphatic heterocycles. The van der Waals surface area contributed by atoms with Gasteiger partial charge in [0.05, 0.1) is 5.56 Å². The summed E-state index contributed by atoms with van der Waals surface area (Å²) >= 11 is 1.52. The van der Waals surface area contributed by atoms with E-state index in [0.717, 1.165) is 43.2 Å². The van der Waals surface area contributed by atoms with Gasteiger partial charge in [-0.25, -0.2) is 0 Å². The molecule has 2 amide bonds. The van der Waals surface area contributed by atoms with Gasteiger partial charge in [-0.1, -0.05) is 48.0 Å². The van der Waals surface area contributed by atoms with Crippen molar-refractivity contribution in [3.05, 3.63) is 81.7 Å². The molecule has 0 radical (unpaired) electrons. The van der Waals surface area contributed by atoms with E-state index in [1.54, 1.807) is 0 Å². The third-order valence-corrected chi connectivity index (χ3v) is 6.79. The maximum absolute atomic E-state index is 13.1. The normalized spacial score (nSPS) is 12.7. The number of carbonyl (C=O) groups is 2. The number of anilines is 1. The van der Waals surface area contributed by atoms with E-state index in [-0.39, 0.29) is 18.4 Å². The molecule has 0 unspecified atom stereocenters. The zero-order valence-corrected chi connectivity index (χ0v) is 19.1. The van der Waals surface area contributed by atoms with Crippen molar-refractivity contribution in [2.45, 2.75) is 39.0 Å². The van der Waals surface area contributed by atoms with Crippen LogP contribution in [0.5, 0.6) is 5.75 Å². The van der Waals surface area contributed by atoms with Crippen molar-refractivity contribution in [1.82, 2.24) is 5.32 Å². The summed E-state index contributed by atoms with van der Waals surface area (Å²) in [5, 5.41) is 6.61. The summed E-state index contributed by atoms with van der Waals surface area (Å²) in [4.78, 5) is 26.9. The second kappa shape index (κ2) is 10.5. The van der Waals surface area contributed by atoms with E-state index in [4.69, 9.17) is 4.74 Å². The molecule has 5 nitrogen and oxygen atoms in total. The van der Waals surface area contributed by atoms with Crippen molar-refractivity contribution in [3.8, 4) is 5.75 Å². The monoisotopic (exact) mass is 448 g/mol. The first-order valence-corrected chi connectivity index (χ1v) is 11.9. The Morgan fingerprint density at radius 2 is 1.75 bits per heavy atom. The van der Waals surface area contributed by atoms with E-state index in [1.807, 2.05) is 49.4 Å². The molecule has 1 aromatic heterocycles. The molecule has 0 fully saturated rings. The molecular formula is C26H28N2O3S. The van der Waals surface area contributed by atoms with Gasteiger partial charge in [-0.05, 0) is 62.3 Å². The van der Waals surface area contributed by atoms with Crippen LogP contribution in [0.25, 0.3) is 0 Å². The van der Waals surface area contributed by atoms with Gasteiger partial charge in [-0.15, -0.1) is 11.3 Å². The second-order valence-corrected chi connectivity index (χ2v) is 9.16. The highest BCUT2D eigenvalue weighted by Gasteiger charge is 2.26. The van der Waals surface area contributed by atoms with Crippen LogP contribution in [0.2, 0.25) is 0 Å². The number of ether oxygens (including phenoxy) is 1. The molecule has 1 aliphatic carbocycles. The van der Waals surface area contributed by atoms with Gasteiger partial charge in [0, 0.05) is 11.4 Å². The first-order chi connectivity index (χ1) is 15.6. The lowest BCUT2D eigenvalue weighted by Crippen LogP contribution is -2.28. The van der Waals surface area contributed by atoms with Crippen LogP contribution in [0.1, 0.15) is 44.8 Å². The Labute approximate surface area is 192 Å². The van der Waals surface area contributed by atoms with Crippen LogP contribution in [0.3, 0.4) is 0 Å². The molecule has 0 spiro atoms. The number of amides is 2. The molecular weight excluding hydrogens is 420 g/mol. The minimum atomic E-state index is -0.262. The fourth-order valence-corrected chi connectivity index (χ4v) is 5.20. The highest BCUT2D eigenvalue weighted by molar-refractivity contribution is 7.17. The Bertz CT molecular complexity index is 1070. The van der Waals surface area contributed by atoms with Gasteiger partial charge in [0.25, 0.3) is 11.8 Å². The summed E-state index contributed by atoms with van der Waals surface area (Å²) in [6, 6.07) is 17.7. The summed E-state index contributed by atoms with van der Waals surface area (Å²) in [6.07, 6.45) is 4.79. The van der Waals surface area contributed by atoms with Crippen LogP contribution in [0.4, 0.5) is 5.00 Å². The first kappa shape index (κ1) is 22.1. The Morgan fingerprint density at radius 3 is 2.53 bits per heavy atom. The molecule has 32 heavy (non-hydrogen) atoms. The van der Waals surface area contributed by atoms with E-state index in [0.29, 0.717) is 22.9 Å². The lowest BCUT2D eigenvalue weighted by Gasteiger charge is -2.13. The summed E-state index contributed by atoms with van der Waals surface area (Å²) < 4.78 is 5.60. The highest BCUT2D eigenvalue weighted by atomic mass is 32.1. The van der Waals surface area contributed by atoms with Crippen molar-refractivity contribution in [2.75, 3.05) is 18.5 Å². The number of hydrogen-bond acceptors (Lipinski definition) is 4. The number of aryl methyl sites for hydroxylation is 2. The van der Waals surface area contributed by atoms with Crippen LogP contribution >= 0.6 is 11.3 Å². The summed E-state index contributed by atoms with van der Waals surface area (Å²) in [5.41, 5.74) is 4.03. The smallest absolute Gasteiger partial charge is 0.262 e. The SMILES string of the molecule is Cc1ccc(OCC(=O)Nc2sc3c(c2C(=O)NCCc2ccccc2)CCCC3)cc1. The average molecular weight is 449 g/mol. The van der Waals surface area contributed by atoms with E-state index in [2.05, 4.69) is 22.8 Å². The third kappa shape index (κ3) is 5.56. The predicted octanol–water partition coefficient (Wildman–Crippen LogP) is 4.93. The Balaban J connectivity index is 1.42. The van der Waals surface area contributed by atoms with Gasteiger partial charge in [0.15, 0.2) is 6.61 Å². The molecule has 2 N–H and O–H groups in total. The third-order valence-electron chi connectivity index (χ3n) is 5.58. The van der Waals surface area contributed by atoms with Gasteiger partial charge in [-0.2, -0.15) is 0 Å². The second-order valence-electron chi connectivity index (χ2n) is 8.06. The Kier molecular flexibility index (Phi) is 7.22. The van der Waals surface area contributed by atoms with Gasteiger partial charge in [0.2, 0.25) is 0 Å². The Hall–Kier alpha value is -3.12. The maximum atomic E-state index is 13.1. The number of nitrogens with one attached hydrogen (secondary N) is 2. The van der Waals surface area contributed by atoms with Crippen molar-refractivity contribution < 1.29 is 14.3 Å². The number of rotatable bonds is 8. The Morgan fingerprint density at radius 1 is 1.00 bits per heavy atom. The van der Waals surface area contributed by atoms with Crippen LogP contribution in [-0.4, -0.2) is 25.0 Å². The quantitative estimate of drug-likeness (QED) is 0.514. The molecule has 166 valence electrons. The molecule has 0 bridgehead atoms. The fourth-order valence-electron chi connectivity index (χ4n) is 3.89. The number of thiophene rings is 1. The highest BCUT2D eigenvalue weighted by Crippen LogP contribution is 2.38. The van der Waals surface area contributed by atoms with Crippen molar-refractivity contribution in [3.63, 3.8) is 0 Å². The molecule has 1 heterocycles. The standard InChI is InChI=1S/C26H28N2O3S/c1-18-11-13-20(14-12-18)31-17-23(29)28-26-24(21-9-5-6-10-22(21)32-26)25(30)27-16-15-19-7-3-2-4-8-19/h2-4,7-8,11-14H,5-6,9-10,15-17H2,1H3,(H,27,30)(H,28,29). The van der Waals surface area contributed by atoms with Crippen molar-refractivity contribution in [2.24, 2.45) is 0 Å². The molecule has 3 aromatic rings. The van der Waals surface area contributed by atoms with E-state index in [9.17, 15) is 9.59 Å². The molecule has 2 aromatic carbocycles. The van der Waals surface area contributed by atoms with E-state index in [1.165, 1.54) is 21.8 Å². The first-order valence-electron chi connectivity index (χ1n) is 11.1. The van der Waals surface area contributed by atoms with Crippen LogP contribution in [0.15, 0.2) is 54.6 Å². The van der Waals surface area contributed by atoms with E-state index >= 15 is 0 Å². The number of fused-ring (bicyclic) bond motifs is 1. The van der Waals surface area contributed by atoms with Crippen LogP contribution in [0, 0.1) is 6.92 Å². The molecule has 0 saturated carbocycles. The topological polar surface area (TPSA) is 67.4 Å². The number of carbonyl (C=O) groups excluding carboxylic acids is 2. The molecule has 0 atom stereocenters. The minimum absolute atomic E-state index is 0.0965. The lowest BCUT2D eigenvalue weighted by molar-refractivity contribution is -0.118. The molecule has 4 rings (SSSR count). The van der Waals surface area contributed by atoms with Gasteiger partial charge in [-0.3, -0.25) is 9.59 Å². The zero-order valence-electron chi connectivity index (χ0n) is 18.3. The van der Waals surface area contributed by atoms with Gasteiger partial charge < -0.3 is 15.4 Å². The van der Waals surface area contributed by atoms with Crippen molar-refractivity contribution in [1.29, 1.82) is 0 Å². The maximum Gasteiger partial charge on any atom is 0.262 e. The number of hydrogen-bond donors (Lipinski definition) is 2.